The van der Waals surface area contributed by atoms with Crippen LogP contribution in [-0.4, -0.2) is 30.7 Å². The van der Waals surface area contributed by atoms with Crippen LogP contribution in [-0.2, 0) is 14.3 Å². The molecule has 5 heteroatoms. The van der Waals surface area contributed by atoms with Crippen LogP contribution >= 0.6 is 0 Å². The third-order valence-corrected chi connectivity index (χ3v) is 4.95. The number of amides is 1. The van der Waals surface area contributed by atoms with Gasteiger partial charge in [0.15, 0.2) is 0 Å². The van der Waals surface area contributed by atoms with E-state index in [2.05, 4.69) is 17.2 Å². The summed E-state index contributed by atoms with van der Waals surface area (Å²) in [5.41, 5.74) is 3.12. The lowest BCUT2D eigenvalue weighted by Crippen LogP contribution is -2.39. The lowest BCUT2D eigenvalue weighted by Gasteiger charge is -2.29. The molecule has 0 spiro atoms. The Balaban J connectivity index is 2.21. The topological polar surface area (TPSA) is 67.8 Å². The lowest BCUT2D eigenvalue weighted by atomic mass is 9.78. The first kappa shape index (κ1) is 22.0. The first-order valence-electron chi connectivity index (χ1n) is 10.4. The van der Waals surface area contributed by atoms with E-state index >= 15 is 0 Å². The Morgan fingerprint density at radius 2 is 1.68 bits per heavy atom. The Bertz CT molecular complexity index is 1060. The van der Waals surface area contributed by atoms with Crippen LogP contribution < -0.4 is 5.32 Å². The Morgan fingerprint density at radius 3 is 2.29 bits per heavy atom. The Labute approximate surface area is 183 Å². The van der Waals surface area contributed by atoms with Crippen molar-refractivity contribution in [3.05, 3.63) is 77.4 Å². The summed E-state index contributed by atoms with van der Waals surface area (Å²) in [6.45, 7) is 6.10. The van der Waals surface area contributed by atoms with Gasteiger partial charge in [0.1, 0.15) is 5.92 Å². The fourth-order valence-corrected chi connectivity index (χ4v) is 3.56. The van der Waals surface area contributed by atoms with Crippen molar-refractivity contribution >= 4 is 23.3 Å². The smallest absolute Gasteiger partial charge is 0.316 e. The highest BCUT2D eigenvalue weighted by molar-refractivity contribution is 6.12. The molecule has 0 radical (unpaired) electrons. The molecule has 3 rings (SSSR count). The van der Waals surface area contributed by atoms with E-state index in [-0.39, 0.29) is 12.5 Å². The van der Waals surface area contributed by atoms with Crippen LogP contribution in [0.15, 0.2) is 71.2 Å². The van der Waals surface area contributed by atoms with Crippen molar-refractivity contribution in [1.82, 2.24) is 5.32 Å². The van der Waals surface area contributed by atoms with Crippen molar-refractivity contribution in [3.8, 4) is 11.8 Å². The number of carbonyl (C=O) groups excluding carboxylic acids is 2. The standard InChI is InChI=1S/C26H26N2O3/c1-4-27-25(29)23-21(17-16-19-12-8-6-9-13-19)22(26(30)31-5-2)18(3)28-24(23)20-14-10-7-11-15-20/h6-15,21-22H,4-5H2,1-3H3,(H,27,29). The molecule has 0 bridgehead atoms. The van der Waals surface area contributed by atoms with Crippen LogP contribution in [0.3, 0.4) is 0 Å². The first-order valence-corrected chi connectivity index (χ1v) is 10.4. The lowest BCUT2D eigenvalue weighted by molar-refractivity contribution is -0.146. The molecule has 0 aliphatic carbocycles. The Morgan fingerprint density at radius 1 is 1.03 bits per heavy atom. The minimum atomic E-state index is -0.749. The molecule has 2 aromatic carbocycles. The quantitative estimate of drug-likeness (QED) is 0.597. The van der Waals surface area contributed by atoms with Crippen molar-refractivity contribution < 1.29 is 14.3 Å². The molecule has 2 unspecified atom stereocenters. The summed E-state index contributed by atoms with van der Waals surface area (Å²) in [6.07, 6.45) is 0. The van der Waals surface area contributed by atoms with Crippen molar-refractivity contribution in [1.29, 1.82) is 0 Å². The van der Waals surface area contributed by atoms with Gasteiger partial charge in [-0.05, 0) is 32.9 Å². The van der Waals surface area contributed by atoms with Crippen LogP contribution in [0.4, 0.5) is 0 Å². The molecule has 5 nitrogen and oxygen atoms in total. The normalized spacial score (nSPS) is 17.8. The molecule has 1 heterocycles. The van der Waals surface area contributed by atoms with Gasteiger partial charge in [-0.2, -0.15) is 0 Å². The zero-order valence-electron chi connectivity index (χ0n) is 18.0. The number of rotatable bonds is 5. The van der Waals surface area contributed by atoms with Gasteiger partial charge in [0.25, 0.3) is 5.91 Å². The summed E-state index contributed by atoms with van der Waals surface area (Å²) >= 11 is 0. The van der Waals surface area contributed by atoms with Crippen LogP contribution in [0, 0.1) is 23.7 Å². The molecule has 1 aliphatic rings. The van der Waals surface area contributed by atoms with E-state index in [9.17, 15) is 9.59 Å². The number of esters is 1. The predicted molar refractivity (Wildman–Crippen MR) is 122 cm³/mol. The van der Waals surface area contributed by atoms with Gasteiger partial charge in [0.2, 0.25) is 0 Å². The SMILES string of the molecule is CCNC(=O)C1=C(c2ccccc2)N=C(C)C(C(=O)OCC)C1C#Cc1ccccc1. The number of nitrogens with one attached hydrogen (secondary N) is 1. The van der Waals surface area contributed by atoms with Gasteiger partial charge in [-0.25, -0.2) is 0 Å². The highest BCUT2D eigenvalue weighted by Gasteiger charge is 2.41. The van der Waals surface area contributed by atoms with E-state index in [1.54, 1.807) is 13.8 Å². The second-order valence-electron chi connectivity index (χ2n) is 7.08. The molecule has 2 atom stereocenters. The molecular weight excluding hydrogens is 388 g/mol. The summed E-state index contributed by atoms with van der Waals surface area (Å²) in [7, 11) is 0. The second-order valence-corrected chi connectivity index (χ2v) is 7.08. The number of benzene rings is 2. The molecule has 0 saturated heterocycles. The number of ether oxygens (including phenoxy) is 1. The highest BCUT2D eigenvalue weighted by Crippen LogP contribution is 2.36. The predicted octanol–water partition coefficient (Wildman–Crippen LogP) is 3.86. The fraction of sp³-hybridized carbons (Fsp3) is 0.269. The van der Waals surface area contributed by atoms with Crippen LogP contribution in [0.25, 0.3) is 5.70 Å². The third-order valence-electron chi connectivity index (χ3n) is 4.95. The van der Waals surface area contributed by atoms with Crippen molar-refractivity contribution in [3.63, 3.8) is 0 Å². The van der Waals surface area contributed by atoms with Crippen LogP contribution in [0.2, 0.25) is 0 Å². The van der Waals surface area contributed by atoms with Crippen molar-refractivity contribution in [2.45, 2.75) is 20.8 Å². The summed E-state index contributed by atoms with van der Waals surface area (Å²) in [6, 6.07) is 19.0. The number of likely N-dealkylation sites (N-methyl/N-ethyl adjacent to an activating group) is 1. The molecule has 0 fully saturated rings. The average molecular weight is 415 g/mol. The summed E-state index contributed by atoms with van der Waals surface area (Å²) < 4.78 is 5.32. The van der Waals surface area contributed by atoms with E-state index in [0.717, 1.165) is 11.1 Å². The molecule has 31 heavy (non-hydrogen) atoms. The maximum Gasteiger partial charge on any atom is 0.316 e. The molecule has 1 N–H and O–H groups in total. The fourth-order valence-electron chi connectivity index (χ4n) is 3.56. The van der Waals surface area contributed by atoms with Gasteiger partial charge in [0, 0.05) is 23.4 Å². The maximum atomic E-state index is 13.2. The Kier molecular flexibility index (Phi) is 7.40. The molecule has 1 aliphatic heterocycles. The summed E-state index contributed by atoms with van der Waals surface area (Å²) in [5.74, 6) is 4.20. The molecule has 158 valence electrons. The summed E-state index contributed by atoms with van der Waals surface area (Å²) in [4.78, 5) is 30.7. The Hall–Kier alpha value is -3.65. The van der Waals surface area contributed by atoms with Crippen molar-refractivity contribution in [2.75, 3.05) is 13.2 Å². The molecule has 0 aromatic heterocycles. The third kappa shape index (κ3) is 5.10. The zero-order chi connectivity index (χ0) is 22.2. The van der Waals surface area contributed by atoms with Crippen LogP contribution in [0.1, 0.15) is 31.9 Å². The second kappa shape index (κ2) is 10.4. The van der Waals surface area contributed by atoms with E-state index in [1.165, 1.54) is 0 Å². The molecule has 0 saturated carbocycles. The van der Waals surface area contributed by atoms with Gasteiger partial charge in [-0.3, -0.25) is 14.6 Å². The van der Waals surface area contributed by atoms with Crippen LogP contribution in [0.5, 0.6) is 0 Å². The largest absolute Gasteiger partial charge is 0.465 e. The minimum absolute atomic E-state index is 0.243. The maximum absolute atomic E-state index is 13.2. The number of aliphatic imine (C=N–C) groups is 1. The van der Waals surface area contributed by atoms with Gasteiger partial charge in [-0.15, -0.1) is 0 Å². The van der Waals surface area contributed by atoms with E-state index < -0.39 is 17.8 Å². The molecule has 1 amide bonds. The first-order chi connectivity index (χ1) is 15.1. The van der Waals surface area contributed by atoms with Crippen molar-refractivity contribution in [2.24, 2.45) is 16.8 Å². The minimum Gasteiger partial charge on any atom is -0.465 e. The number of nitrogens with zero attached hydrogens (tertiary/aromatic N) is 1. The highest BCUT2D eigenvalue weighted by atomic mass is 16.5. The number of carbonyl (C=O) groups is 2. The molecular formula is C26H26N2O3. The monoisotopic (exact) mass is 414 g/mol. The summed E-state index contributed by atoms with van der Waals surface area (Å²) in [5, 5.41) is 2.86. The van der Waals surface area contributed by atoms with Gasteiger partial charge in [-0.1, -0.05) is 60.4 Å². The van der Waals surface area contributed by atoms with E-state index in [1.807, 2.05) is 67.6 Å². The zero-order valence-corrected chi connectivity index (χ0v) is 18.0. The average Bonchev–Trinajstić information content (AvgIpc) is 2.78. The van der Waals surface area contributed by atoms with Gasteiger partial charge < -0.3 is 10.1 Å². The van der Waals surface area contributed by atoms with E-state index in [4.69, 9.17) is 9.73 Å². The van der Waals surface area contributed by atoms with E-state index in [0.29, 0.717) is 23.5 Å². The van der Waals surface area contributed by atoms with Gasteiger partial charge >= 0.3 is 5.97 Å². The molecule has 2 aromatic rings. The number of hydrogen-bond donors (Lipinski definition) is 1. The van der Waals surface area contributed by atoms with Gasteiger partial charge in [0.05, 0.1) is 23.8 Å². The number of hydrogen-bond acceptors (Lipinski definition) is 4.